The maximum absolute atomic E-state index is 14.0. The summed E-state index contributed by atoms with van der Waals surface area (Å²) in [6, 6.07) is 37.3. The number of hydrogen-bond acceptors (Lipinski definition) is 8. The molecule has 0 aliphatic carbocycles. The first kappa shape index (κ1) is 37.5. The van der Waals surface area contributed by atoms with Crippen molar-refractivity contribution in [1.29, 1.82) is 0 Å². The number of carbonyl (C=O) groups excluding carboxylic acids is 1. The predicted molar refractivity (Wildman–Crippen MR) is 204 cm³/mol. The normalized spacial score (nSPS) is 12.9. The third kappa shape index (κ3) is 8.67. The van der Waals surface area contributed by atoms with Crippen LogP contribution in [-0.2, 0) is 23.5 Å². The molecule has 11 heteroatoms. The molecular weight excluding hydrogens is 686 g/mol. The number of carboxylic acid groups (broad SMARTS) is 1. The van der Waals surface area contributed by atoms with E-state index in [1.807, 2.05) is 36.4 Å². The Morgan fingerprint density at radius 3 is 2.28 bits per heavy atom. The van der Waals surface area contributed by atoms with E-state index in [0.717, 1.165) is 11.1 Å². The molecule has 276 valence electrons. The molecular formula is C43H41N3O8. The van der Waals surface area contributed by atoms with Crippen molar-refractivity contribution in [3.8, 4) is 11.5 Å². The van der Waals surface area contributed by atoms with Crippen LogP contribution in [0.5, 0.6) is 11.5 Å². The van der Waals surface area contributed by atoms with Crippen molar-refractivity contribution in [1.82, 2.24) is 15.2 Å². The fourth-order valence-electron chi connectivity index (χ4n) is 6.40. The first-order valence-corrected chi connectivity index (χ1v) is 17.5. The number of fused-ring (bicyclic) bond motifs is 1. The Bertz CT molecular complexity index is 2280. The number of pyridine rings is 1. The highest BCUT2D eigenvalue weighted by atomic mass is 16.5. The Labute approximate surface area is 311 Å². The molecule has 6 N–H and O–H groups in total. The third-order valence-electron chi connectivity index (χ3n) is 9.22. The number of aromatic amines is 1. The lowest BCUT2D eigenvalue weighted by atomic mass is 9.86. The summed E-state index contributed by atoms with van der Waals surface area (Å²) in [6.45, 7) is 1.65. The molecule has 54 heavy (non-hydrogen) atoms. The number of phenolic OH excluding ortho intramolecular Hbond substituents is 1. The second kappa shape index (κ2) is 17.0. The molecule has 0 spiro atoms. The smallest absolute Gasteiger partial charge is 0.345 e. The zero-order chi connectivity index (χ0) is 38.1. The summed E-state index contributed by atoms with van der Waals surface area (Å²) in [5.74, 6) is -1.29. The van der Waals surface area contributed by atoms with Crippen molar-refractivity contribution in [3.63, 3.8) is 0 Å². The number of benzene rings is 5. The second-order valence-electron chi connectivity index (χ2n) is 13.0. The van der Waals surface area contributed by atoms with Crippen LogP contribution in [0.15, 0.2) is 138 Å². The average Bonchev–Trinajstić information content (AvgIpc) is 3.20. The lowest BCUT2D eigenvalue weighted by Crippen LogP contribution is -2.36. The Hall–Kier alpha value is -6.27. The monoisotopic (exact) mass is 727 g/mol. The van der Waals surface area contributed by atoms with Gasteiger partial charge in [0.1, 0.15) is 18.1 Å². The van der Waals surface area contributed by atoms with Gasteiger partial charge in [-0.1, -0.05) is 91.0 Å². The van der Waals surface area contributed by atoms with Crippen molar-refractivity contribution in [3.05, 3.63) is 177 Å². The summed E-state index contributed by atoms with van der Waals surface area (Å²) >= 11 is 0. The molecule has 6 aromatic rings. The van der Waals surface area contributed by atoms with Crippen molar-refractivity contribution in [2.45, 2.75) is 31.3 Å². The minimum absolute atomic E-state index is 0.0756. The van der Waals surface area contributed by atoms with Crippen molar-refractivity contribution < 1.29 is 34.8 Å². The molecule has 1 heterocycles. The van der Waals surface area contributed by atoms with E-state index in [2.05, 4.69) is 10.3 Å². The van der Waals surface area contributed by atoms with Crippen LogP contribution in [0, 0.1) is 0 Å². The Morgan fingerprint density at radius 1 is 0.815 bits per heavy atom. The van der Waals surface area contributed by atoms with E-state index in [0.29, 0.717) is 48.3 Å². The maximum atomic E-state index is 14.0. The van der Waals surface area contributed by atoms with Gasteiger partial charge in [0.25, 0.3) is 5.91 Å². The zero-order valence-electron chi connectivity index (χ0n) is 29.4. The molecule has 0 fully saturated rings. The number of hydrogen-bond donors (Lipinski definition) is 6. The summed E-state index contributed by atoms with van der Waals surface area (Å²) in [4.78, 5) is 42.4. The molecule has 0 radical (unpaired) electrons. The lowest BCUT2D eigenvalue weighted by Gasteiger charge is -2.25. The van der Waals surface area contributed by atoms with Gasteiger partial charge in [0.2, 0.25) is 11.2 Å². The number of aromatic nitrogens is 1. The van der Waals surface area contributed by atoms with Crippen molar-refractivity contribution >= 4 is 22.8 Å². The Kier molecular flexibility index (Phi) is 11.8. The molecule has 6 rings (SSSR count). The standard InChI is InChI=1S/C43H41N3O8/c47-37-20-18-35(36-19-21-39(49)45-40(36)37)38(48)26-44-22-9-23-46(27-29-10-3-1-4-11-29)41(50)31-13-7-12-30(24-31)28-54-34-17-8-16-33(25-34)43(53,42(51)52)32-14-5-2-6-15-32/h1-8,10-21,24-25,38,44,47-48,53H,9,22-23,26-28H2,(H,45,49)(H,51,52)/t38-,43-/m0/s1. The second-order valence-corrected chi connectivity index (χ2v) is 13.0. The number of nitrogens with one attached hydrogen (secondary N) is 2. The first-order chi connectivity index (χ1) is 26.1. The number of phenols is 1. The van der Waals surface area contributed by atoms with E-state index in [9.17, 15) is 34.8 Å². The van der Waals surface area contributed by atoms with E-state index in [1.54, 1.807) is 77.7 Å². The fraction of sp³-hybridized carbons (Fsp3) is 0.186. The van der Waals surface area contributed by atoms with E-state index in [1.165, 1.54) is 24.3 Å². The number of carboxylic acids is 1. The van der Waals surface area contributed by atoms with E-state index < -0.39 is 17.7 Å². The molecule has 2 atom stereocenters. The minimum atomic E-state index is -2.27. The highest BCUT2D eigenvalue weighted by Gasteiger charge is 2.40. The molecule has 0 unspecified atom stereocenters. The molecule has 11 nitrogen and oxygen atoms in total. The summed E-state index contributed by atoms with van der Waals surface area (Å²) in [5, 5.41) is 46.2. The summed E-state index contributed by atoms with van der Waals surface area (Å²) in [7, 11) is 0. The average molecular weight is 728 g/mol. The fourth-order valence-corrected chi connectivity index (χ4v) is 6.40. The van der Waals surface area contributed by atoms with Gasteiger partial charge in [0.15, 0.2) is 0 Å². The molecule has 1 amide bonds. The van der Waals surface area contributed by atoms with E-state index in [4.69, 9.17) is 4.74 Å². The van der Waals surface area contributed by atoms with Crippen LogP contribution >= 0.6 is 0 Å². The van der Waals surface area contributed by atoms with Crippen LogP contribution in [0.1, 0.15) is 50.7 Å². The van der Waals surface area contributed by atoms with Gasteiger partial charge in [-0.05, 0) is 71.6 Å². The highest BCUT2D eigenvalue weighted by Crippen LogP contribution is 2.32. The SMILES string of the molecule is O=C(c1cccc(COc2cccc([C@](O)(C(=O)O)c3ccccc3)c2)c1)N(CCCNC[C@H](O)c1ccc(O)c2[nH]c(=O)ccc12)Cc1ccccc1. The number of aliphatic carboxylic acids is 1. The molecule has 0 bridgehead atoms. The van der Waals surface area contributed by atoms with Crippen LogP contribution in [0.3, 0.4) is 0 Å². The summed E-state index contributed by atoms with van der Waals surface area (Å²) < 4.78 is 6.03. The first-order valence-electron chi connectivity index (χ1n) is 17.5. The number of aliphatic hydroxyl groups excluding tert-OH is 1. The Balaban J connectivity index is 1.10. The van der Waals surface area contributed by atoms with Crippen molar-refractivity contribution in [2.75, 3.05) is 19.6 Å². The van der Waals surface area contributed by atoms with Crippen LogP contribution in [0.2, 0.25) is 0 Å². The van der Waals surface area contributed by atoms with Gasteiger partial charge in [-0.15, -0.1) is 0 Å². The third-order valence-corrected chi connectivity index (χ3v) is 9.22. The van der Waals surface area contributed by atoms with E-state index >= 15 is 0 Å². The van der Waals surface area contributed by atoms with E-state index in [-0.39, 0.29) is 47.0 Å². The quantitative estimate of drug-likeness (QED) is 0.0706. The highest BCUT2D eigenvalue weighted by molar-refractivity contribution is 5.94. The molecule has 0 aliphatic rings. The Morgan fingerprint density at radius 2 is 1.52 bits per heavy atom. The summed E-state index contributed by atoms with van der Waals surface area (Å²) in [5.41, 5.74) is 0.762. The number of ether oxygens (including phenoxy) is 1. The summed E-state index contributed by atoms with van der Waals surface area (Å²) in [6.07, 6.45) is -0.305. The van der Waals surface area contributed by atoms with Gasteiger partial charge in [-0.3, -0.25) is 9.59 Å². The number of H-pyrrole nitrogens is 1. The van der Waals surface area contributed by atoms with Gasteiger partial charge < -0.3 is 40.4 Å². The number of nitrogens with zero attached hydrogens (tertiary/aromatic N) is 1. The molecule has 0 saturated heterocycles. The predicted octanol–water partition coefficient (Wildman–Crippen LogP) is 5.49. The van der Waals surface area contributed by atoms with Crippen molar-refractivity contribution in [2.24, 2.45) is 0 Å². The van der Waals surface area contributed by atoms with Crippen LogP contribution in [0.4, 0.5) is 0 Å². The largest absolute Gasteiger partial charge is 0.506 e. The lowest BCUT2D eigenvalue weighted by molar-refractivity contribution is -0.155. The van der Waals surface area contributed by atoms with Crippen LogP contribution in [-0.4, -0.2) is 61.8 Å². The minimum Gasteiger partial charge on any atom is -0.506 e. The number of carbonyl (C=O) groups is 2. The van der Waals surface area contributed by atoms with Gasteiger partial charge in [0.05, 0.1) is 11.6 Å². The van der Waals surface area contributed by atoms with Gasteiger partial charge >= 0.3 is 5.97 Å². The maximum Gasteiger partial charge on any atom is 0.345 e. The zero-order valence-corrected chi connectivity index (χ0v) is 29.4. The number of amides is 1. The van der Waals surface area contributed by atoms with Gasteiger partial charge in [-0.2, -0.15) is 0 Å². The van der Waals surface area contributed by atoms with Gasteiger partial charge in [-0.25, -0.2) is 4.79 Å². The molecule has 5 aromatic carbocycles. The molecule has 0 aliphatic heterocycles. The van der Waals surface area contributed by atoms with Crippen LogP contribution < -0.4 is 15.6 Å². The van der Waals surface area contributed by atoms with Crippen LogP contribution in [0.25, 0.3) is 10.9 Å². The van der Waals surface area contributed by atoms with Gasteiger partial charge in [0, 0.05) is 42.2 Å². The molecule has 1 aromatic heterocycles. The number of aliphatic hydroxyl groups is 2. The number of rotatable bonds is 16. The topological polar surface area (TPSA) is 172 Å². The molecule has 0 saturated carbocycles. The number of aromatic hydroxyl groups is 1.